The smallest absolute Gasteiger partial charge is 0.226 e. The van der Waals surface area contributed by atoms with E-state index in [9.17, 15) is 4.79 Å². The summed E-state index contributed by atoms with van der Waals surface area (Å²) in [6, 6.07) is 8.38. The summed E-state index contributed by atoms with van der Waals surface area (Å²) in [5.74, 6) is 1.44. The number of guanidine groups is 1. The summed E-state index contributed by atoms with van der Waals surface area (Å²) >= 11 is 0. The van der Waals surface area contributed by atoms with E-state index in [0.29, 0.717) is 18.5 Å². The minimum atomic E-state index is -0.0299. The molecule has 0 aliphatic carbocycles. The van der Waals surface area contributed by atoms with Crippen molar-refractivity contribution in [2.24, 2.45) is 16.8 Å². The minimum absolute atomic E-state index is 0. The number of rotatable bonds is 9. The molecule has 1 aromatic rings. The van der Waals surface area contributed by atoms with E-state index in [4.69, 9.17) is 4.74 Å². The summed E-state index contributed by atoms with van der Waals surface area (Å²) in [5, 5.41) is 9.79. The summed E-state index contributed by atoms with van der Waals surface area (Å²) in [6.07, 6.45) is 1.15. The van der Waals surface area contributed by atoms with Gasteiger partial charge in [-0.3, -0.25) is 14.7 Å². The fourth-order valence-electron chi connectivity index (χ4n) is 3.46. The first-order valence-corrected chi connectivity index (χ1v) is 11.0. The summed E-state index contributed by atoms with van der Waals surface area (Å²) in [7, 11) is 1.80. The Bertz CT molecular complexity index is 673. The quantitative estimate of drug-likeness (QED) is 0.252. The van der Waals surface area contributed by atoms with Gasteiger partial charge in [-0.2, -0.15) is 0 Å². The number of carbonyl (C=O) groups is 1. The second-order valence-corrected chi connectivity index (χ2v) is 8.58. The Kier molecular flexibility index (Phi) is 13.0. The summed E-state index contributed by atoms with van der Waals surface area (Å²) in [4.78, 5) is 18.7. The predicted molar refractivity (Wildman–Crippen MR) is 139 cm³/mol. The first-order chi connectivity index (χ1) is 14.4. The van der Waals surface area contributed by atoms with E-state index in [1.165, 1.54) is 0 Å². The van der Waals surface area contributed by atoms with Crippen LogP contribution < -0.4 is 16.0 Å². The molecule has 7 nitrogen and oxygen atoms in total. The number of halogens is 1. The van der Waals surface area contributed by atoms with Crippen LogP contribution in [0.2, 0.25) is 0 Å². The lowest BCUT2D eigenvalue weighted by Gasteiger charge is -2.35. The molecule has 1 aliphatic rings. The maximum atomic E-state index is 11.8. The zero-order valence-corrected chi connectivity index (χ0v) is 21.9. The van der Waals surface area contributed by atoms with Crippen molar-refractivity contribution in [3.8, 4) is 0 Å². The number of amides is 1. The molecule has 1 fully saturated rings. The number of hydrogen-bond acceptors (Lipinski definition) is 4. The highest BCUT2D eigenvalue weighted by Gasteiger charge is 2.22. The van der Waals surface area contributed by atoms with Crippen LogP contribution in [0.5, 0.6) is 0 Å². The third kappa shape index (κ3) is 10.2. The number of morpholine rings is 1. The normalized spacial score (nSPS) is 16.0. The molecule has 1 unspecified atom stereocenters. The van der Waals surface area contributed by atoms with Gasteiger partial charge >= 0.3 is 0 Å². The van der Waals surface area contributed by atoms with Crippen molar-refractivity contribution in [3.63, 3.8) is 0 Å². The Morgan fingerprint density at radius 3 is 2.29 bits per heavy atom. The van der Waals surface area contributed by atoms with E-state index in [0.717, 1.165) is 56.5 Å². The van der Waals surface area contributed by atoms with Crippen molar-refractivity contribution in [1.29, 1.82) is 0 Å². The average molecular weight is 546 g/mol. The van der Waals surface area contributed by atoms with Crippen molar-refractivity contribution in [1.82, 2.24) is 15.5 Å². The molecular weight excluding hydrogens is 505 g/mol. The Morgan fingerprint density at radius 1 is 1.10 bits per heavy atom. The van der Waals surface area contributed by atoms with Gasteiger partial charge in [0.05, 0.1) is 13.2 Å². The van der Waals surface area contributed by atoms with Gasteiger partial charge < -0.3 is 20.7 Å². The third-order valence-corrected chi connectivity index (χ3v) is 5.24. The zero-order chi connectivity index (χ0) is 21.9. The van der Waals surface area contributed by atoms with E-state index in [-0.39, 0.29) is 35.8 Å². The second-order valence-electron chi connectivity index (χ2n) is 8.58. The molecular formula is C23H40IN5O2. The van der Waals surface area contributed by atoms with Crippen LogP contribution in [0.1, 0.15) is 39.7 Å². The van der Waals surface area contributed by atoms with Crippen LogP contribution in [0.3, 0.4) is 0 Å². The molecule has 1 saturated heterocycles. The van der Waals surface area contributed by atoms with Gasteiger partial charge in [0.2, 0.25) is 5.91 Å². The molecule has 1 heterocycles. The van der Waals surface area contributed by atoms with Gasteiger partial charge in [-0.05, 0) is 30.0 Å². The van der Waals surface area contributed by atoms with Crippen molar-refractivity contribution >= 4 is 41.5 Å². The lowest BCUT2D eigenvalue weighted by molar-refractivity contribution is -0.118. The molecule has 1 atom stereocenters. The summed E-state index contributed by atoms with van der Waals surface area (Å²) in [6.45, 7) is 13.5. The van der Waals surface area contributed by atoms with Gasteiger partial charge in [-0.15, -0.1) is 24.0 Å². The van der Waals surface area contributed by atoms with Crippen LogP contribution in [-0.4, -0.2) is 62.7 Å². The Labute approximate surface area is 204 Å². The van der Waals surface area contributed by atoms with E-state index >= 15 is 0 Å². The standard InChI is InChI=1S/C23H39N5O2.HI/c1-17(2)14-21(28-10-12-30-13-11-28)16-26-23(24-5)25-15-19-6-8-20(9-7-19)27-22(29)18(3)4;/h6-9,17-18,21H,10-16H2,1-5H3,(H,27,29)(H2,24,25,26);1H. The highest BCUT2D eigenvalue weighted by molar-refractivity contribution is 14.0. The summed E-state index contributed by atoms with van der Waals surface area (Å²) in [5.41, 5.74) is 1.95. The van der Waals surface area contributed by atoms with Crippen LogP contribution in [0.15, 0.2) is 29.3 Å². The van der Waals surface area contributed by atoms with E-state index < -0.39 is 0 Å². The van der Waals surface area contributed by atoms with Crippen LogP contribution >= 0.6 is 24.0 Å². The lowest BCUT2D eigenvalue weighted by atomic mass is 10.0. The molecule has 31 heavy (non-hydrogen) atoms. The van der Waals surface area contributed by atoms with Crippen LogP contribution in [0.25, 0.3) is 0 Å². The maximum Gasteiger partial charge on any atom is 0.226 e. The van der Waals surface area contributed by atoms with E-state index in [1.807, 2.05) is 38.1 Å². The van der Waals surface area contributed by atoms with Crippen LogP contribution in [0.4, 0.5) is 5.69 Å². The largest absolute Gasteiger partial charge is 0.379 e. The van der Waals surface area contributed by atoms with Crippen molar-refractivity contribution in [2.75, 3.05) is 45.2 Å². The highest BCUT2D eigenvalue weighted by atomic mass is 127. The fraction of sp³-hybridized carbons (Fsp3) is 0.652. The number of carbonyl (C=O) groups excluding carboxylic acids is 1. The number of benzene rings is 1. The van der Waals surface area contributed by atoms with Gasteiger partial charge in [0, 0.05) is 50.9 Å². The molecule has 0 radical (unpaired) electrons. The first-order valence-electron chi connectivity index (χ1n) is 11.0. The molecule has 8 heteroatoms. The van der Waals surface area contributed by atoms with Gasteiger partial charge in [0.1, 0.15) is 0 Å². The van der Waals surface area contributed by atoms with Crippen molar-refractivity contribution < 1.29 is 9.53 Å². The molecule has 2 rings (SSSR count). The second kappa shape index (κ2) is 14.6. The average Bonchev–Trinajstić information content (AvgIpc) is 2.74. The summed E-state index contributed by atoms with van der Waals surface area (Å²) < 4.78 is 5.51. The Morgan fingerprint density at radius 2 is 1.74 bits per heavy atom. The predicted octanol–water partition coefficient (Wildman–Crippen LogP) is 3.31. The molecule has 1 aliphatic heterocycles. The zero-order valence-electron chi connectivity index (χ0n) is 19.6. The fourth-order valence-corrected chi connectivity index (χ4v) is 3.46. The number of nitrogens with zero attached hydrogens (tertiary/aromatic N) is 2. The van der Waals surface area contributed by atoms with Gasteiger partial charge in [-0.1, -0.05) is 39.8 Å². The maximum absolute atomic E-state index is 11.8. The molecule has 0 bridgehead atoms. The number of ether oxygens (including phenoxy) is 1. The molecule has 176 valence electrons. The van der Waals surface area contributed by atoms with Gasteiger partial charge in [0.25, 0.3) is 0 Å². The van der Waals surface area contributed by atoms with E-state index in [1.54, 1.807) is 7.05 Å². The van der Waals surface area contributed by atoms with Crippen molar-refractivity contribution in [2.45, 2.75) is 46.7 Å². The highest BCUT2D eigenvalue weighted by Crippen LogP contribution is 2.13. The number of aliphatic imine (C=N–C) groups is 1. The topological polar surface area (TPSA) is 78.0 Å². The number of anilines is 1. The van der Waals surface area contributed by atoms with Crippen LogP contribution in [0, 0.1) is 11.8 Å². The SMILES string of the molecule is CN=C(NCc1ccc(NC(=O)C(C)C)cc1)NCC(CC(C)C)N1CCOCC1.I. The molecule has 0 saturated carbocycles. The Hall–Kier alpha value is -1.39. The number of hydrogen-bond donors (Lipinski definition) is 3. The van der Waals surface area contributed by atoms with Gasteiger partial charge in [-0.25, -0.2) is 0 Å². The van der Waals surface area contributed by atoms with Crippen LogP contribution in [-0.2, 0) is 16.1 Å². The molecule has 1 aromatic carbocycles. The van der Waals surface area contributed by atoms with Crippen molar-refractivity contribution in [3.05, 3.63) is 29.8 Å². The monoisotopic (exact) mass is 545 g/mol. The number of nitrogens with one attached hydrogen (secondary N) is 3. The molecule has 1 amide bonds. The minimum Gasteiger partial charge on any atom is -0.379 e. The first kappa shape index (κ1) is 27.6. The van der Waals surface area contributed by atoms with E-state index in [2.05, 4.69) is 39.7 Å². The Balaban J connectivity index is 0.00000480. The lowest BCUT2D eigenvalue weighted by Crippen LogP contribution is -2.50. The van der Waals surface area contributed by atoms with Gasteiger partial charge in [0.15, 0.2) is 5.96 Å². The molecule has 3 N–H and O–H groups in total. The molecule has 0 aromatic heterocycles. The third-order valence-electron chi connectivity index (χ3n) is 5.24. The molecule has 0 spiro atoms.